The van der Waals surface area contributed by atoms with Crippen LogP contribution in [0.2, 0.25) is 5.02 Å². The van der Waals surface area contributed by atoms with Crippen LogP contribution in [0.25, 0.3) is 0 Å². The molecule has 0 aliphatic heterocycles. The number of hydrogen-bond donors (Lipinski definition) is 0. The van der Waals surface area contributed by atoms with E-state index in [1.807, 2.05) is 6.92 Å². The van der Waals surface area contributed by atoms with Gasteiger partial charge in [-0.2, -0.15) is 4.31 Å². The molecule has 0 amide bonds. The quantitative estimate of drug-likeness (QED) is 0.846. The van der Waals surface area contributed by atoms with E-state index in [4.69, 9.17) is 11.6 Å². The van der Waals surface area contributed by atoms with E-state index in [2.05, 4.69) is 0 Å². The van der Waals surface area contributed by atoms with Crippen molar-refractivity contribution in [3.63, 3.8) is 0 Å². The molecule has 1 aromatic rings. The van der Waals surface area contributed by atoms with E-state index < -0.39 is 10.0 Å². The van der Waals surface area contributed by atoms with Gasteiger partial charge in [-0.1, -0.05) is 11.6 Å². The minimum atomic E-state index is -3.39. The fraction of sp³-hybridized carbons (Fsp3) is 0.500. The monoisotopic (exact) mass is 273 g/mol. The molecule has 1 aliphatic carbocycles. The summed E-state index contributed by atoms with van der Waals surface area (Å²) < 4.78 is 26.1. The standard InChI is InChI=1S/C12H16ClNO2S/c1-9(10-3-4-10)14(2)17(15,16)12-7-5-11(13)6-8-12/h5-10H,3-4H2,1-2H3. The number of hydrogen-bond acceptors (Lipinski definition) is 2. The van der Waals surface area contributed by atoms with E-state index in [0.29, 0.717) is 15.8 Å². The predicted octanol–water partition coefficient (Wildman–Crippen LogP) is 2.76. The second kappa shape index (κ2) is 4.59. The summed E-state index contributed by atoms with van der Waals surface area (Å²) in [6.45, 7) is 1.96. The van der Waals surface area contributed by atoms with E-state index in [1.165, 1.54) is 4.31 Å². The van der Waals surface area contributed by atoms with Gasteiger partial charge >= 0.3 is 0 Å². The molecule has 1 aliphatic rings. The van der Waals surface area contributed by atoms with Crippen molar-refractivity contribution in [2.45, 2.75) is 30.7 Å². The van der Waals surface area contributed by atoms with E-state index in [-0.39, 0.29) is 6.04 Å². The summed E-state index contributed by atoms with van der Waals surface area (Å²) in [6, 6.07) is 6.37. The molecule has 2 rings (SSSR count). The third-order valence-electron chi connectivity index (χ3n) is 3.37. The highest BCUT2D eigenvalue weighted by Crippen LogP contribution is 2.36. The first-order valence-corrected chi connectivity index (χ1v) is 7.48. The van der Waals surface area contributed by atoms with Crippen LogP contribution in [-0.2, 0) is 10.0 Å². The Hall–Kier alpha value is -0.580. The van der Waals surface area contributed by atoms with E-state index in [1.54, 1.807) is 31.3 Å². The summed E-state index contributed by atoms with van der Waals surface area (Å²) >= 11 is 5.76. The van der Waals surface area contributed by atoms with Gasteiger partial charge in [-0.05, 0) is 49.9 Å². The lowest BCUT2D eigenvalue weighted by atomic mass is 10.2. The first-order valence-electron chi connectivity index (χ1n) is 5.66. The van der Waals surface area contributed by atoms with Gasteiger partial charge in [-0.3, -0.25) is 0 Å². The Morgan fingerprint density at radius 2 is 1.82 bits per heavy atom. The van der Waals surface area contributed by atoms with Gasteiger partial charge in [-0.25, -0.2) is 8.42 Å². The van der Waals surface area contributed by atoms with Crippen LogP contribution in [-0.4, -0.2) is 25.8 Å². The third-order valence-corrected chi connectivity index (χ3v) is 5.58. The Balaban J connectivity index is 2.25. The maximum Gasteiger partial charge on any atom is 0.243 e. The Bertz CT molecular complexity index is 494. The van der Waals surface area contributed by atoms with Gasteiger partial charge in [0.2, 0.25) is 10.0 Å². The molecule has 3 nitrogen and oxygen atoms in total. The molecule has 0 heterocycles. The molecule has 17 heavy (non-hydrogen) atoms. The Kier molecular flexibility index (Phi) is 3.48. The van der Waals surface area contributed by atoms with Crippen LogP contribution in [0, 0.1) is 5.92 Å². The van der Waals surface area contributed by atoms with Crippen molar-refractivity contribution in [3.05, 3.63) is 29.3 Å². The number of benzene rings is 1. The first kappa shape index (κ1) is 12.9. The van der Waals surface area contributed by atoms with Gasteiger partial charge in [0.05, 0.1) is 4.90 Å². The molecule has 1 saturated carbocycles. The molecule has 0 N–H and O–H groups in total. The largest absolute Gasteiger partial charge is 0.243 e. The van der Waals surface area contributed by atoms with Crippen molar-refractivity contribution in [2.24, 2.45) is 5.92 Å². The lowest BCUT2D eigenvalue weighted by Crippen LogP contribution is -2.36. The fourth-order valence-corrected chi connectivity index (χ4v) is 3.42. The molecule has 94 valence electrons. The van der Waals surface area contributed by atoms with Crippen LogP contribution in [0.1, 0.15) is 19.8 Å². The average Bonchev–Trinajstić information content (AvgIpc) is 3.11. The SMILES string of the molecule is CC(C1CC1)N(C)S(=O)(=O)c1ccc(Cl)cc1. The Morgan fingerprint density at radius 1 is 1.29 bits per heavy atom. The van der Waals surface area contributed by atoms with Crippen molar-refractivity contribution in [3.8, 4) is 0 Å². The third kappa shape index (κ3) is 2.64. The van der Waals surface area contributed by atoms with Gasteiger partial charge in [0.25, 0.3) is 0 Å². The molecule has 5 heteroatoms. The molecule has 1 aromatic carbocycles. The van der Waals surface area contributed by atoms with Gasteiger partial charge < -0.3 is 0 Å². The molecule has 1 atom stereocenters. The van der Waals surface area contributed by atoms with Crippen LogP contribution >= 0.6 is 11.6 Å². The molecule has 0 spiro atoms. The zero-order valence-corrected chi connectivity index (χ0v) is 11.5. The summed E-state index contributed by atoms with van der Waals surface area (Å²) in [5.41, 5.74) is 0. The van der Waals surface area contributed by atoms with Crippen LogP contribution in [0.5, 0.6) is 0 Å². The van der Waals surface area contributed by atoms with Crippen molar-refractivity contribution in [1.29, 1.82) is 0 Å². The van der Waals surface area contributed by atoms with E-state index >= 15 is 0 Å². The highest BCUT2D eigenvalue weighted by atomic mass is 35.5. The van der Waals surface area contributed by atoms with Gasteiger partial charge in [0.1, 0.15) is 0 Å². The Labute approximate surface area is 107 Å². The lowest BCUT2D eigenvalue weighted by molar-refractivity contribution is 0.357. The highest BCUT2D eigenvalue weighted by molar-refractivity contribution is 7.89. The molecule has 0 aromatic heterocycles. The normalized spacial score (nSPS) is 18.4. The van der Waals surface area contributed by atoms with Crippen molar-refractivity contribution in [1.82, 2.24) is 4.31 Å². The van der Waals surface area contributed by atoms with Crippen LogP contribution < -0.4 is 0 Å². The molecular formula is C12H16ClNO2S. The summed E-state index contributed by atoms with van der Waals surface area (Å²) in [5, 5.41) is 0.543. The van der Waals surface area contributed by atoms with E-state index in [9.17, 15) is 8.42 Å². The maximum atomic E-state index is 12.3. The Morgan fingerprint density at radius 3 is 2.29 bits per heavy atom. The molecule has 1 unspecified atom stereocenters. The first-order chi connectivity index (χ1) is 7.93. The average molecular weight is 274 g/mol. The van der Waals surface area contributed by atoms with Gasteiger partial charge in [-0.15, -0.1) is 0 Å². The number of rotatable bonds is 4. The summed E-state index contributed by atoms with van der Waals surface area (Å²) in [5.74, 6) is 0.516. The van der Waals surface area contributed by atoms with Gasteiger partial charge in [0, 0.05) is 18.1 Å². The van der Waals surface area contributed by atoms with Gasteiger partial charge in [0.15, 0.2) is 0 Å². The van der Waals surface area contributed by atoms with Crippen LogP contribution in [0.15, 0.2) is 29.2 Å². The lowest BCUT2D eigenvalue weighted by Gasteiger charge is -2.24. The maximum absolute atomic E-state index is 12.3. The molecule has 1 fully saturated rings. The van der Waals surface area contributed by atoms with Crippen molar-refractivity contribution < 1.29 is 8.42 Å². The fourth-order valence-electron chi connectivity index (χ4n) is 1.87. The van der Waals surface area contributed by atoms with E-state index in [0.717, 1.165) is 12.8 Å². The molecule has 0 bridgehead atoms. The summed E-state index contributed by atoms with van der Waals surface area (Å²) in [4.78, 5) is 0.303. The minimum absolute atomic E-state index is 0.0654. The molecule has 0 saturated heterocycles. The van der Waals surface area contributed by atoms with Crippen LogP contribution in [0.4, 0.5) is 0 Å². The molecule has 0 radical (unpaired) electrons. The topological polar surface area (TPSA) is 37.4 Å². The van der Waals surface area contributed by atoms with Crippen molar-refractivity contribution >= 4 is 21.6 Å². The summed E-state index contributed by atoms with van der Waals surface area (Å²) in [7, 11) is -1.74. The second-order valence-electron chi connectivity index (χ2n) is 4.55. The summed E-state index contributed by atoms with van der Waals surface area (Å²) in [6.07, 6.45) is 2.25. The minimum Gasteiger partial charge on any atom is -0.207 e. The zero-order chi connectivity index (χ0) is 12.6. The smallest absolute Gasteiger partial charge is 0.207 e. The van der Waals surface area contributed by atoms with Crippen LogP contribution in [0.3, 0.4) is 0 Å². The molecular weight excluding hydrogens is 258 g/mol. The highest BCUT2D eigenvalue weighted by Gasteiger charge is 2.35. The number of nitrogens with zero attached hydrogens (tertiary/aromatic N) is 1. The predicted molar refractivity (Wildman–Crippen MR) is 68.6 cm³/mol. The van der Waals surface area contributed by atoms with Crippen molar-refractivity contribution in [2.75, 3.05) is 7.05 Å². The number of halogens is 1. The second-order valence-corrected chi connectivity index (χ2v) is 6.99. The number of sulfonamides is 1. The zero-order valence-electron chi connectivity index (χ0n) is 9.93.